The van der Waals surface area contributed by atoms with E-state index in [1.165, 1.54) is 19.5 Å². The van der Waals surface area contributed by atoms with Gasteiger partial charge >= 0.3 is 6.09 Å². The number of nitrogens with two attached hydrogens (primary N) is 1. The molecule has 198 valence electrons. The van der Waals surface area contributed by atoms with E-state index in [1.54, 1.807) is 29.3 Å². The molecule has 0 atom stereocenters. The average Bonchev–Trinajstić information content (AvgIpc) is 2.91. The number of carbonyl (C=O) groups excluding carboxylic acids is 1. The van der Waals surface area contributed by atoms with Crippen LogP contribution in [0, 0.1) is 10.8 Å². The van der Waals surface area contributed by atoms with Gasteiger partial charge in [0, 0.05) is 72.6 Å². The number of benzene rings is 1. The van der Waals surface area contributed by atoms with E-state index in [0.29, 0.717) is 38.2 Å². The number of hydrogen-bond donors (Lipinski definition) is 2. The fraction of sp³-hybridized carbons (Fsp3) is 0.333. The minimum Gasteiger partial charge on any atom is -0.489 e. The number of ether oxygens (including phenoxy) is 2. The molecule has 2 fully saturated rings. The van der Waals surface area contributed by atoms with Gasteiger partial charge in [0.05, 0.1) is 22.9 Å². The second-order valence-electron chi connectivity index (χ2n) is 9.71. The minimum atomic E-state index is -0.254. The van der Waals surface area contributed by atoms with Crippen molar-refractivity contribution in [2.24, 2.45) is 5.41 Å². The molecule has 0 unspecified atom stereocenters. The van der Waals surface area contributed by atoms with Gasteiger partial charge in [0.15, 0.2) is 0 Å². The highest BCUT2D eigenvalue weighted by Crippen LogP contribution is 2.42. The molecule has 9 nitrogen and oxygen atoms in total. The number of nitrogens with one attached hydrogen (secondary N) is 1. The van der Waals surface area contributed by atoms with Crippen LogP contribution in [0.15, 0.2) is 48.9 Å². The predicted molar refractivity (Wildman–Crippen MR) is 147 cm³/mol. The van der Waals surface area contributed by atoms with Crippen LogP contribution >= 0.6 is 23.2 Å². The maximum Gasteiger partial charge on any atom is 0.409 e. The Balaban J connectivity index is 1.21. The highest BCUT2D eigenvalue weighted by Gasteiger charge is 2.46. The van der Waals surface area contributed by atoms with Crippen molar-refractivity contribution in [2.45, 2.75) is 19.4 Å². The van der Waals surface area contributed by atoms with Gasteiger partial charge in [-0.2, -0.15) is 0 Å². The summed E-state index contributed by atoms with van der Waals surface area (Å²) in [7, 11) is 1.42. The van der Waals surface area contributed by atoms with Gasteiger partial charge in [0.2, 0.25) is 0 Å². The lowest BCUT2D eigenvalue weighted by Crippen LogP contribution is -2.61. The maximum absolute atomic E-state index is 11.8. The molecule has 3 N–H and O–H groups in total. The van der Waals surface area contributed by atoms with E-state index in [-0.39, 0.29) is 23.8 Å². The van der Waals surface area contributed by atoms with Crippen molar-refractivity contribution >= 4 is 46.5 Å². The molecule has 0 bridgehead atoms. The molecule has 0 saturated carbocycles. The molecule has 1 amide bonds. The van der Waals surface area contributed by atoms with Gasteiger partial charge in [-0.1, -0.05) is 23.2 Å². The number of pyridine rings is 2. The lowest BCUT2D eigenvalue weighted by atomic mass is 9.72. The van der Waals surface area contributed by atoms with Crippen molar-refractivity contribution in [3.8, 4) is 5.75 Å². The normalized spacial score (nSPS) is 16.2. The first-order valence-corrected chi connectivity index (χ1v) is 13.0. The zero-order valence-electron chi connectivity index (χ0n) is 20.9. The monoisotopic (exact) mass is 554 g/mol. The molecule has 2 aliphatic heterocycles. The molecule has 38 heavy (non-hydrogen) atoms. The van der Waals surface area contributed by atoms with Gasteiger partial charge < -0.3 is 25.0 Å². The molecule has 4 heterocycles. The number of amides is 1. The van der Waals surface area contributed by atoms with E-state index in [2.05, 4.69) is 14.9 Å². The zero-order chi connectivity index (χ0) is 26.9. The third kappa shape index (κ3) is 5.21. The minimum absolute atomic E-state index is 0.158. The lowest BCUT2D eigenvalue weighted by Gasteiger charge is -2.54. The Labute approximate surface area is 231 Å². The van der Waals surface area contributed by atoms with Crippen molar-refractivity contribution in [3.05, 3.63) is 75.7 Å². The number of nitrogen functional groups attached to an aromatic ring is 1. The number of piperidine rings is 1. The van der Waals surface area contributed by atoms with Crippen LogP contribution < -0.4 is 15.4 Å². The summed E-state index contributed by atoms with van der Waals surface area (Å²) < 4.78 is 10.7. The van der Waals surface area contributed by atoms with Crippen LogP contribution in [0.25, 0.3) is 0 Å². The SMILES string of the molecule is COC(=O)N1CCC2(CC1)CN(c1ccc(C(=N)c3cc(OCc4c(Cl)cncc4Cl)ccc3N)cn1)C2. The van der Waals surface area contributed by atoms with E-state index in [4.69, 9.17) is 43.8 Å². The van der Waals surface area contributed by atoms with E-state index in [9.17, 15) is 4.79 Å². The summed E-state index contributed by atoms with van der Waals surface area (Å²) in [5.74, 6) is 1.41. The molecule has 5 rings (SSSR count). The number of anilines is 2. The Morgan fingerprint density at radius 3 is 2.45 bits per heavy atom. The van der Waals surface area contributed by atoms with E-state index in [0.717, 1.165) is 44.8 Å². The number of carbonyl (C=O) groups is 1. The van der Waals surface area contributed by atoms with Crippen LogP contribution in [-0.2, 0) is 11.3 Å². The van der Waals surface area contributed by atoms with Gasteiger partial charge in [-0.15, -0.1) is 0 Å². The first kappa shape index (κ1) is 26.1. The van der Waals surface area contributed by atoms with E-state index >= 15 is 0 Å². The average molecular weight is 555 g/mol. The molecular formula is C27H28Cl2N6O3. The fourth-order valence-electron chi connectivity index (χ4n) is 4.98. The lowest BCUT2D eigenvalue weighted by molar-refractivity contribution is 0.0621. The molecule has 2 aromatic heterocycles. The molecule has 0 aliphatic carbocycles. The Kier molecular flexibility index (Phi) is 7.32. The topological polar surface area (TPSA) is 118 Å². The third-order valence-corrected chi connectivity index (χ3v) is 7.95. The maximum atomic E-state index is 11.8. The predicted octanol–water partition coefficient (Wildman–Crippen LogP) is 5.03. The second-order valence-corrected chi connectivity index (χ2v) is 10.5. The summed E-state index contributed by atoms with van der Waals surface area (Å²) in [6.07, 6.45) is 6.39. The van der Waals surface area contributed by atoms with Crippen molar-refractivity contribution in [2.75, 3.05) is 43.9 Å². The van der Waals surface area contributed by atoms with Crippen LogP contribution in [0.1, 0.15) is 29.5 Å². The Hall–Kier alpha value is -3.56. The first-order valence-electron chi connectivity index (χ1n) is 12.2. The highest BCUT2D eigenvalue weighted by atomic mass is 35.5. The summed E-state index contributed by atoms with van der Waals surface area (Å²) in [5.41, 5.74) is 8.97. The highest BCUT2D eigenvalue weighted by molar-refractivity contribution is 6.35. The van der Waals surface area contributed by atoms with E-state index in [1.807, 2.05) is 12.1 Å². The molecule has 1 spiro atoms. The summed E-state index contributed by atoms with van der Waals surface area (Å²) >= 11 is 12.4. The van der Waals surface area contributed by atoms with Crippen LogP contribution in [0.5, 0.6) is 5.75 Å². The van der Waals surface area contributed by atoms with Crippen molar-refractivity contribution in [1.29, 1.82) is 5.41 Å². The number of likely N-dealkylation sites (tertiary alicyclic amines) is 1. The summed E-state index contributed by atoms with van der Waals surface area (Å²) in [4.78, 5) is 24.3. The number of aromatic nitrogens is 2. The quantitative estimate of drug-likeness (QED) is 0.324. The molecule has 0 radical (unpaired) electrons. The molecule has 2 aliphatic rings. The van der Waals surface area contributed by atoms with Crippen molar-refractivity contribution in [3.63, 3.8) is 0 Å². The number of rotatable bonds is 6. The Bertz CT molecular complexity index is 1330. The molecule has 1 aromatic carbocycles. The number of nitrogens with zero attached hydrogens (tertiary/aromatic N) is 4. The number of halogens is 2. The summed E-state index contributed by atoms with van der Waals surface area (Å²) in [6.45, 7) is 3.41. The molecule has 3 aromatic rings. The van der Waals surface area contributed by atoms with Crippen LogP contribution in [0.3, 0.4) is 0 Å². The van der Waals surface area contributed by atoms with Gasteiger partial charge in [-0.3, -0.25) is 10.4 Å². The molecule has 2 saturated heterocycles. The number of methoxy groups -OCH3 is 1. The second kappa shape index (κ2) is 10.7. The summed E-state index contributed by atoms with van der Waals surface area (Å²) in [5, 5.41) is 9.60. The Morgan fingerprint density at radius 1 is 1.11 bits per heavy atom. The number of hydrogen-bond acceptors (Lipinski definition) is 8. The fourth-order valence-corrected chi connectivity index (χ4v) is 5.46. The third-order valence-electron chi connectivity index (χ3n) is 7.30. The molecular weight excluding hydrogens is 527 g/mol. The first-order chi connectivity index (χ1) is 18.3. The van der Waals surface area contributed by atoms with Crippen molar-refractivity contribution in [1.82, 2.24) is 14.9 Å². The van der Waals surface area contributed by atoms with Crippen LogP contribution in [0.2, 0.25) is 10.0 Å². The van der Waals surface area contributed by atoms with Gasteiger partial charge in [0.25, 0.3) is 0 Å². The Morgan fingerprint density at radius 2 is 1.82 bits per heavy atom. The zero-order valence-corrected chi connectivity index (χ0v) is 22.4. The van der Waals surface area contributed by atoms with Gasteiger partial charge in [-0.25, -0.2) is 9.78 Å². The molecule has 11 heteroatoms. The standard InChI is InChI=1S/C27H28Cl2N6O3/c1-37-26(36)34-8-6-27(7-9-34)15-35(16-27)24-5-2-17(11-33-24)25(31)19-10-18(3-4-23(19)30)38-14-20-21(28)12-32-13-22(20)29/h2-5,10-13,31H,6-9,14-16,30H2,1H3. The van der Waals surface area contributed by atoms with Crippen LogP contribution in [-0.4, -0.2) is 60.0 Å². The largest absolute Gasteiger partial charge is 0.489 e. The summed E-state index contributed by atoms with van der Waals surface area (Å²) in [6, 6.07) is 9.01. The smallest absolute Gasteiger partial charge is 0.409 e. The van der Waals surface area contributed by atoms with Gasteiger partial charge in [-0.05, 0) is 43.2 Å². The van der Waals surface area contributed by atoms with Crippen molar-refractivity contribution < 1.29 is 14.3 Å². The van der Waals surface area contributed by atoms with Gasteiger partial charge in [0.1, 0.15) is 18.2 Å². The van der Waals surface area contributed by atoms with Crippen LogP contribution in [0.4, 0.5) is 16.3 Å². The van der Waals surface area contributed by atoms with E-state index < -0.39 is 0 Å².